The first-order valence-corrected chi connectivity index (χ1v) is 6.58. The molecule has 0 bridgehead atoms. The number of hydrogen-bond acceptors (Lipinski definition) is 3. The van der Waals surface area contributed by atoms with Crippen LogP contribution >= 0.6 is 11.6 Å². The van der Waals surface area contributed by atoms with E-state index in [0.29, 0.717) is 17.2 Å². The van der Waals surface area contributed by atoms with Crippen molar-refractivity contribution in [2.45, 2.75) is 20.4 Å². The van der Waals surface area contributed by atoms with Crippen molar-refractivity contribution in [1.82, 2.24) is 24.0 Å². The number of hydrogen-bond donors (Lipinski definition) is 0. The average molecular weight is 292 g/mol. The van der Waals surface area contributed by atoms with Crippen LogP contribution in [0.3, 0.4) is 0 Å². The second-order valence-corrected chi connectivity index (χ2v) is 5.18. The van der Waals surface area contributed by atoms with Crippen molar-refractivity contribution in [3.63, 3.8) is 0 Å². The molecule has 0 spiro atoms. The summed E-state index contributed by atoms with van der Waals surface area (Å²) in [6.07, 6.45) is 3.48. The SMILES string of the molecule is Cc1cc2c(=O)n(Cc3c(C)nn(C)c3Cl)ccn2n1. The molecule has 0 radical (unpaired) electrons. The molecule has 0 aliphatic carbocycles. The highest BCUT2D eigenvalue weighted by molar-refractivity contribution is 6.30. The molecule has 0 aromatic carbocycles. The van der Waals surface area contributed by atoms with E-state index >= 15 is 0 Å². The quantitative estimate of drug-likeness (QED) is 0.720. The van der Waals surface area contributed by atoms with Gasteiger partial charge in [-0.05, 0) is 19.9 Å². The minimum absolute atomic E-state index is 0.0904. The largest absolute Gasteiger partial charge is 0.308 e. The Hall–Kier alpha value is -2.08. The third-order valence-electron chi connectivity index (χ3n) is 3.32. The average Bonchev–Trinajstić information content (AvgIpc) is 2.88. The van der Waals surface area contributed by atoms with E-state index in [4.69, 9.17) is 11.6 Å². The number of nitrogens with zero attached hydrogens (tertiary/aromatic N) is 5. The Labute approximate surface area is 120 Å². The van der Waals surface area contributed by atoms with Crippen LogP contribution in [0.2, 0.25) is 5.15 Å². The maximum Gasteiger partial charge on any atom is 0.276 e. The van der Waals surface area contributed by atoms with E-state index in [0.717, 1.165) is 17.0 Å². The van der Waals surface area contributed by atoms with Crippen LogP contribution < -0.4 is 5.56 Å². The minimum atomic E-state index is -0.0904. The fourth-order valence-corrected chi connectivity index (χ4v) is 2.53. The summed E-state index contributed by atoms with van der Waals surface area (Å²) < 4.78 is 4.82. The summed E-state index contributed by atoms with van der Waals surface area (Å²) in [5, 5.41) is 9.03. The van der Waals surface area contributed by atoms with Crippen LogP contribution in [0.1, 0.15) is 17.0 Å². The maximum absolute atomic E-state index is 12.4. The maximum atomic E-state index is 12.4. The first-order valence-electron chi connectivity index (χ1n) is 6.21. The van der Waals surface area contributed by atoms with Crippen LogP contribution in [0.4, 0.5) is 0 Å². The van der Waals surface area contributed by atoms with Gasteiger partial charge in [-0.3, -0.25) is 9.48 Å². The molecule has 3 rings (SSSR count). The summed E-state index contributed by atoms with van der Waals surface area (Å²) in [6, 6.07) is 1.77. The van der Waals surface area contributed by atoms with Gasteiger partial charge in [0.25, 0.3) is 5.56 Å². The van der Waals surface area contributed by atoms with Crippen molar-refractivity contribution in [2.75, 3.05) is 0 Å². The van der Waals surface area contributed by atoms with Gasteiger partial charge < -0.3 is 4.57 Å². The highest BCUT2D eigenvalue weighted by Gasteiger charge is 2.13. The molecule has 0 unspecified atom stereocenters. The predicted octanol–water partition coefficient (Wildman–Crippen LogP) is 1.55. The predicted molar refractivity (Wildman–Crippen MR) is 76.2 cm³/mol. The zero-order chi connectivity index (χ0) is 14.4. The highest BCUT2D eigenvalue weighted by Crippen LogP contribution is 2.19. The molecule has 0 fully saturated rings. The fraction of sp³-hybridized carbons (Fsp3) is 0.308. The van der Waals surface area contributed by atoms with Gasteiger partial charge in [0.05, 0.1) is 17.9 Å². The highest BCUT2D eigenvalue weighted by atomic mass is 35.5. The van der Waals surface area contributed by atoms with Crippen molar-refractivity contribution < 1.29 is 0 Å². The van der Waals surface area contributed by atoms with Crippen LogP contribution in [-0.2, 0) is 13.6 Å². The van der Waals surface area contributed by atoms with Gasteiger partial charge in [0.15, 0.2) is 0 Å². The number of aromatic nitrogens is 5. The zero-order valence-electron chi connectivity index (χ0n) is 11.5. The summed E-state index contributed by atoms with van der Waals surface area (Å²) in [4.78, 5) is 12.4. The van der Waals surface area contributed by atoms with Crippen molar-refractivity contribution >= 4 is 17.1 Å². The van der Waals surface area contributed by atoms with Gasteiger partial charge >= 0.3 is 0 Å². The second-order valence-electron chi connectivity index (χ2n) is 4.83. The lowest BCUT2D eigenvalue weighted by molar-refractivity contribution is 0.737. The number of halogens is 1. The van der Waals surface area contributed by atoms with Gasteiger partial charge in [-0.15, -0.1) is 0 Å². The zero-order valence-corrected chi connectivity index (χ0v) is 12.2. The lowest BCUT2D eigenvalue weighted by Crippen LogP contribution is -2.22. The number of rotatable bonds is 2. The van der Waals surface area contributed by atoms with Crippen molar-refractivity contribution in [3.8, 4) is 0 Å². The van der Waals surface area contributed by atoms with E-state index in [1.54, 1.807) is 39.3 Å². The van der Waals surface area contributed by atoms with E-state index in [9.17, 15) is 4.79 Å². The van der Waals surface area contributed by atoms with Gasteiger partial charge in [-0.1, -0.05) is 11.6 Å². The van der Waals surface area contributed by atoms with Crippen LogP contribution in [-0.4, -0.2) is 24.0 Å². The first kappa shape index (κ1) is 12.9. The summed E-state index contributed by atoms with van der Waals surface area (Å²) in [5.41, 5.74) is 2.97. The number of fused-ring (bicyclic) bond motifs is 1. The molecule has 0 N–H and O–H groups in total. The standard InChI is InChI=1S/C13H14ClN5O/c1-8-6-11-13(20)18(4-5-19(11)15-8)7-10-9(2)16-17(3)12(10)14/h4-6H,7H2,1-3H3. The molecule has 0 saturated heterocycles. The van der Waals surface area contributed by atoms with Crippen molar-refractivity contribution in [3.05, 3.63) is 50.9 Å². The Morgan fingerprint density at radius 1 is 1.25 bits per heavy atom. The van der Waals surface area contributed by atoms with Gasteiger partial charge in [-0.25, -0.2) is 4.52 Å². The molecule has 7 heteroatoms. The number of aryl methyl sites for hydroxylation is 3. The van der Waals surface area contributed by atoms with Gasteiger partial charge in [-0.2, -0.15) is 10.2 Å². The second kappa shape index (κ2) is 4.49. The molecule has 0 aliphatic heterocycles. The summed E-state index contributed by atoms with van der Waals surface area (Å²) >= 11 is 6.21. The molecule has 0 amide bonds. The van der Waals surface area contributed by atoms with E-state index in [-0.39, 0.29) is 5.56 Å². The van der Waals surface area contributed by atoms with Crippen LogP contribution in [0.5, 0.6) is 0 Å². The Balaban J connectivity index is 2.11. The molecule has 3 heterocycles. The van der Waals surface area contributed by atoms with E-state index < -0.39 is 0 Å². The van der Waals surface area contributed by atoms with E-state index in [2.05, 4.69) is 10.2 Å². The third kappa shape index (κ3) is 1.92. The first-order chi connectivity index (χ1) is 9.47. The lowest BCUT2D eigenvalue weighted by atomic mass is 10.2. The molecule has 104 valence electrons. The van der Waals surface area contributed by atoms with Crippen LogP contribution in [0.15, 0.2) is 23.3 Å². The Kier molecular flexibility index (Phi) is 2.90. The molecular formula is C13H14ClN5O. The van der Waals surface area contributed by atoms with E-state index in [1.807, 2.05) is 13.8 Å². The minimum Gasteiger partial charge on any atom is -0.308 e. The fourth-order valence-electron chi connectivity index (χ4n) is 2.30. The van der Waals surface area contributed by atoms with Crippen molar-refractivity contribution in [1.29, 1.82) is 0 Å². The molecular weight excluding hydrogens is 278 g/mol. The third-order valence-corrected chi connectivity index (χ3v) is 3.80. The molecule has 0 atom stereocenters. The smallest absolute Gasteiger partial charge is 0.276 e. The summed E-state index contributed by atoms with van der Waals surface area (Å²) in [5.74, 6) is 0. The molecule has 20 heavy (non-hydrogen) atoms. The van der Waals surface area contributed by atoms with Crippen molar-refractivity contribution in [2.24, 2.45) is 7.05 Å². The monoisotopic (exact) mass is 291 g/mol. The van der Waals surface area contributed by atoms with Crippen LogP contribution in [0, 0.1) is 13.8 Å². The molecule has 3 aromatic heterocycles. The Bertz CT molecular complexity index is 858. The summed E-state index contributed by atoms with van der Waals surface area (Å²) in [6.45, 7) is 4.14. The summed E-state index contributed by atoms with van der Waals surface area (Å²) in [7, 11) is 1.78. The van der Waals surface area contributed by atoms with Crippen LogP contribution in [0.25, 0.3) is 5.52 Å². The normalized spacial score (nSPS) is 11.4. The topological polar surface area (TPSA) is 57.1 Å². The molecule has 6 nitrogen and oxygen atoms in total. The lowest BCUT2D eigenvalue weighted by Gasteiger charge is -2.06. The Morgan fingerprint density at radius 2 is 2.00 bits per heavy atom. The van der Waals surface area contributed by atoms with Gasteiger partial charge in [0, 0.05) is 25.0 Å². The molecule has 3 aromatic rings. The molecule has 0 aliphatic rings. The molecule has 0 saturated carbocycles. The Morgan fingerprint density at radius 3 is 2.65 bits per heavy atom. The van der Waals surface area contributed by atoms with Gasteiger partial charge in [0.2, 0.25) is 0 Å². The van der Waals surface area contributed by atoms with Gasteiger partial charge in [0.1, 0.15) is 10.7 Å². The van der Waals surface area contributed by atoms with E-state index in [1.165, 1.54) is 0 Å².